The molecular formula is C32H39N3O2. The summed E-state index contributed by atoms with van der Waals surface area (Å²) in [5.41, 5.74) is 4.45. The summed E-state index contributed by atoms with van der Waals surface area (Å²) < 4.78 is 0. The summed E-state index contributed by atoms with van der Waals surface area (Å²) in [6.45, 7) is 9.44. The van der Waals surface area contributed by atoms with Crippen molar-refractivity contribution in [2.24, 2.45) is 11.8 Å². The Morgan fingerprint density at radius 1 is 0.892 bits per heavy atom. The van der Waals surface area contributed by atoms with E-state index in [1.54, 1.807) is 0 Å². The number of fused-ring (bicyclic) bond motifs is 1. The molecule has 37 heavy (non-hydrogen) atoms. The topological polar surface area (TPSA) is 61.4 Å². The van der Waals surface area contributed by atoms with Crippen molar-refractivity contribution in [2.45, 2.75) is 58.9 Å². The number of rotatable bonds is 9. The largest absolute Gasteiger partial charge is 0.385 e. The predicted molar refractivity (Wildman–Crippen MR) is 153 cm³/mol. The third-order valence-corrected chi connectivity index (χ3v) is 7.79. The first-order valence-corrected chi connectivity index (χ1v) is 13.5. The van der Waals surface area contributed by atoms with Gasteiger partial charge in [0.1, 0.15) is 0 Å². The Morgan fingerprint density at radius 3 is 2.22 bits per heavy atom. The van der Waals surface area contributed by atoms with Gasteiger partial charge in [0.25, 0.3) is 5.91 Å². The van der Waals surface area contributed by atoms with Crippen LogP contribution in [0.3, 0.4) is 0 Å². The smallest absolute Gasteiger partial charge is 0.258 e. The highest BCUT2D eigenvalue weighted by atomic mass is 16.2. The van der Waals surface area contributed by atoms with Gasteiger partial charge in [-0.25, -0.2) is 0 Å². The molecule has 0 bridgehead atoms. The molecule has 5 heteroatoms. The zero-order valence-corrected chi connectivity index (χ0v) is 22.4. The molecule has 3 atom stereocenters. The Morgan fingerprint density at radius 2 is 1.54 bits per heavy atom. The number of benzene rings is 3. The molecule has 1 aliphatic rings. The minimum Gasteiger partial charge on any atom is -0.385 e. The Hall–Kier alpha value is -3.60. The molecule has 0 radical (unpaired) electrons. The molecular weight excluding hydrogens is 458 g/mol. The second-order valence-electron chi connectivity index (χ2n) is 10.2. The van der Waals surface area contributed by atoms with Crippen molar-refractivity contribution in [1.29, 1.82) is 0 Å². The Kier molecular flexibility index (Phi) is 8.65. The number of carbonyl (C=O) groups excluding carboxylic acids is 2. The van der Waals surface area contributed by atoms with Crippen molar-refractivity contribution >= 4 is 28.9 Å². The molecule has 3 aromatic carbocycles. The molecule has 5 nitrogen and oxygen atoms in total. The minimum absolute atomic E-state index is 0.00514. The van der Waals surface area contributed by atoms with E-state index in [0.29, 0.717) is 11.5 Å². The molecule has 4 rings (SSSR count). The standard InChI is InChI=1S/C32H39N3O2/c1-5-24(6-2)21-33-26-18-16-25(17-19-26)32(37)35-22(3)20-29(28-14-10-11-15-30(28)35)23(4)31(36)34-27-12-8-7-9-13-27/h7-19,22-24,29,33H,5-6,20-21H2,1-4H3,(H,34,36). The first-order chi connectivity index (χ1) is 17.9. The second kappa shape index (κ2) is 12.1. The number of carbonyl (C=O) groups is 2. The summed E-state index contributed by atoms with van der Waals surface area (Å²) in [6.07, 6.45) is 3.03. The fraction of sp³-hybridized carbons (Fsp3) is 0.375. The van der Waals surface area contributed by atoms with Gasteiger partial charge in [0, 0.05) is 41.1 Å². The number of anilines is 3. The number of para-hydroxylation sites is 2. The van der Waals surface area contributed by atoms with Crippen LogP contribution in [0.4, 0.5) is 17.1 Å². The monoisotopic (exact) mass is 497 g/mol. The molecule has 3 unspecified atom stereocenters. The van der Waals surface area contributed by atoms with Crippen molar-refractivity contribution in [2.75, 3.05) is 22.1 Å². The third-order valence-electron chi connectivity index (χ3n) is 7.79. The number of nitrogens with zero attached hydrogens (tertiary/aromatic N) is 1. The molecule has 0 spiro atoms. The van der Waals surface area contributed by atoms with Gasteiger partial charge in [-0.15, -0.1) is 0 Å². The molecule has 2 amide bonds. The molecule has 3 aromatic rings. The Bertz CT molecular complexity index is 1190. The highest BCUT2D eigenvalue weighted by Crippen LogP contribution is 2.43. The lowest BCUT2D eigenvalue weighted by Crippen LogP contribution is -2.45. The molecule has 0 saturated heterocycles. The number of hydrogen-bond acceptors (Lipinski definition) is 3. The average Bonchev–Trinajstić information content (AvgIpc) is 2.93. The molecule has 1 heterocycles. The lowest BCUT2D eigenvalue weighted by molar-refractivity contribution is -0.120. The first-order valence-electron chi connectivity index (χ1n) is 13.5. The maximum absolute atomic E-state index is 13.7. The average molecular weight is 498 g/mol. The quantitative estimate of drug-likeness (QED) is 0.325. The van der Waals surface area contributed by atoms with Gasteiger partial charge >= 0.3 is 0 Å². The predicted octanol–water partition coefficient (Wildman–Crippen LogP) is 7.33. The fourth-order valence-electron chi connectivity index (χ4n) is 5.31. The van der Waals surface area contributed by atoms with E-state index in [1.807, 2.05) is 84.6 Å². The van der Waals surface area contributed by atoms with Gasteiger partial charge in [-0.05, 0) is 73.2 Å². The lowest BCUT2D eigenvalue weighted by atomic mass is 9.78. The lowest BCUT2D eigenvalue weighted by Gasteiger charge is -2.41. The maximum atomic E-state index is 13.7. The van der Waals surface area contributed by atoms with Crippen LogP contribution in [0.5, 0.6) is 0 Å². The summed E-state index contributed by atoms with van der Waals surface area (Å²) in [7, 11) is 0. The van der Waals surface area contributed by atoms with Crippen molar-refractivity contribution in [3.05, 3.63) is 90.0 Å². The van der Waals surface area contributed by atoms with Crippen LogP contribution in [0.15, 0.2) is 78.9 Å². The maximum Gasteiger partial charge on any atom is 0.258 e. The van der Waals surface area contributed by atoms with Crippen LogP contribution in [0, 0.1) is 11.8 Å². The summed E-state index contributed by atoms with van der Waals surface area (Å²) in [5.74, 6) is 0.426. The van der Waals surface area contributed by atoms with Crippen molar-refractivity contribution < 1.29 is 9.59 Å². The van der Waals surface area contributed by atoms with Crippen molar-refractivity contribution in [3.8, 4) is 0 Å². The second-order valence-corrected chi connectivity index (χ2v) is 10.2. The van der Waals surface area contributed by atoms with Gasteiger partial charge in [-0.1, -0.05) is 70.0 Å². The van der Waals surface area contributed by atoms with Gasteiger partial charge in [0.2, 0.25) is 5.91 Å². The van der Waals surface area contributed by atoms with E-state index in [0.717, 1.165) is 48.4 Å². The summed E-state index contributed by atoms with van der Waals surface area (Å²) >= 11 is 0. The van der Waals surface area contributed by atoms with Crippen LogP contribution in [-0.4, -0.2) is 24.4 Å². The Labute approximate surface area is 221 Å². The highest BCUT2D eigenvalue weighted by Gasteiger charge is 2.38. The van der Waals surface area contributed by atoms with Gasteiger partial charge in [-0.3, -0.25) is 9.59 Å². The van der Waals surface area contributed by atoms with Crippen LogP contribution in [-0.2, 0) is 4.79 Å². The van der Waals surface area contributed by atoms with Crippen LogP contribution in [0.1, 0.15) is 68.8 Å². The van der Waals surface area contributed by atoms with Crippen LogP contribution < -0.4 is 15.5 Å². The molecule has 0 saturated carbocycles. The van der Waals surface area contributed by atoms with E-state index >= 15 is 0 Å². The van der Waals surface area contributed by atoms with E-state index < -0.39 is 0 Å². The summed E-state index contributed by atoms with van der Waals surface area (Å²) in [6, 6.07) is 25.4. The van der Waals surface area contributed by atoms with Crippen LogP contribution >= 0.6 is 0 Å². The molecule has 2 N–H and O–H groups in total. The van der Waals surface area contributed by atoms with E-state index in [4.69, 9.17) is 0 Å². The summed E-state index contributed by atoms with van der Waals surface area (Å²) in [4.78, 5) is 28.8. The first kappa shape index (κ1) is 26.5. The molecule has 194 valence electrons. The minimum atomic E-state index is -0.235. The normalized spacial score (nSPS) is 17.7. The fourth-order valence-corrected chi connectivity index (χ4v) is 5.31. The van der Waals surface area contributed by atoms with E-state index in [9.17, 15) is 9.59 Å². The molecule has 0 aromatic heterocycles. The third kappa shape index (κ3) is 6.04. The number of hydrogen-bond donors (Lipinski definition) is 2. The number of nitrogens with one attached hydrogen (secondary N) is 2. The van der Waals surface area contributed by atoms with Crippen molar-refractivity contribution in [3.63, 3.8) is 0 Å². The number of amides is 2. The summed E-state index contributed by atoms with van der Waals surface area (Å²) in [5, 5.41) is 6.55. The van der Waals surface area contributed by atoms with E-state index in [2.05, 4.69) is 37.5 Å². The van der Waals surface area contributed by atoms with Gasteiger partial charge in [0.05, 0.1) is 0 Å². The highest BCUT2D eigenvalue weighted by molar-refractivity contribution is 6.07. The van der Waals surface area contributed by atoms with Gasteiger partial charge in [-0.2, -0.15) is 0 Å². The van der Waals surface area contributed by atoms with Crippen LogP contribution in [0.25, 0.3) is 0 Å². The van der Waals surface area contributed by atoms with Gasteiger partial charge < -0.3 is 15.5 Å². The van der Waals surface area contributed by atoms with Crippen LogP contribution in [0.2, 0.25) is 0 Å². The van der Waals surface area contributed by atoms with Gasteiger partial charge in [0.15, 0.2) is 0 Å². The SMILES string of the molecule is CCC(CC)CNc1ccc(C(=O)N2c3ccccc3C(C(C)C(=O)Nc3ccccc3)CC2C)cc1. The Balaban J connectivity index is 1.52. The van der Waals surface area contributed by atoms with E-state index in [1.165, 1.54) is 0 Å². The molecule has 0 fully saturated rings. The molecule has 0 aliphatic carbocycles. The van der Waals surface area contributed by atoms with Crippen molar-refractivity contribution in [1.82, 2.24) is 0 Å². The zero-order chi connectivity index (χ0) is 26.4. The zero-order valence-electron chi connectivity index (χ0n) is 22.4. The molecule has 1 aliphatic heterocycles. The van der Waals surface area contributed by atoms with E-state index in [-0.39, 0.29) is 29.7 Å².